The molecule has 0 radical (unpaired) electrons. The van der Waals surface area contributed by atoms with Gasteiger partial charge >= 0.3 is 0 Å². The van der Waals surface area contributed by atoms with E-state index in [4.69, 9.17) is 0 Å². The molecule has 2 aromatic rings. The van der Waals surface area contributed by atoms with Crippen LogP contribution >= 0.6 is 0 Å². The van der Waals surface area contributed by atoms with Crippen LogP contribution in [0.2, 0.25) is 0 Å². The molecule has 0 unspecified atom stereocenters. The van der Waals surface area contributed by atoms with E-state index in [0.29, 0.717) is 5.92 Å². The molecule has 3 nitrogen and oxygen atoms in total. The molecule has 0 bridgehead atoms. The van der Waals surface area contributed by atoms with E-state index in [-0.39, 0.29) is 0 Å². The molecule has 0 amide bonds. The molecule has 2 aromatic heterocycles. The summed E-state index contributed by atoms with van der Waals surface area (Å²) in [5, 5.41) is 4.15. The Hall–Kier alpha value is -1.38. The molecule has 0 fully saturated rings. The van der Waals surface area contributed by atoms with Crippen LogP contribution in [0.4, 0.5) is 0 Å². The van der Waals surface area contributed by atoms with Crippen LogP contribution in [-0.2, 0) is 0 Å². The van der Waals surface area contributed by atoms with E-state index in [2.05, 4.69) is 30.0 Å². The van der Waals surface area contributed by atoms with Gasteiger partial charge in [-0.1, -0.05) is 33.8 Å². The fourth-order valence-corrected chi connectivity index (χ4v) is 1.30. The van der Waals surface area contributed by atoms with E-state index in [1.54, 1.807) is 6.33 Å². The smallest absolute Gasteiger partial charge is 0.155 e. The summed E-state index contributed by atoms with van der Waals surface area (Å²) < 4.78 is 1.88. The quantitative estimate of drug-likeness (QED) is 0.693. The number of rotatable bonds is 1. The van der Waals surface area contributed by atoms with E-state index < -0.39 is 0 Å². The zero-order chi connectivity index (χ0) is 10.6. The lowest BCUT2D eigenvalue weighted by Gasteiger charge is -2.05. The fraction of sp³-hybridized carbons (Fsp3) is 0.455. The zero-order valence-corrected chi connectivity index (χ0v) is 9.23. The number of pyridine rings is 1. The van der Waals surface area contributed by atoms with Crippen molar-refractivity contribution in [3.05, 3.63) is 30.2 Å². The van der Waals surface area contributed by atoms with Crippen LogP contribution in [0.5, 0.6) is 0 Å². The summed E-state index contributed by atoms with van der Waals surface area (Å²) in [6.45, 7) is 8.30. The Kier molecular flexibility index (Phi) is 3.63. The Balaban J connectivity index is 0.000000461. The third-order valence-electron chi connectivity index (χ3n) is 1.92. The van der Waals surface area contributed by atoms with Gasteiger partial charge in [0.1, 0.15) is 6.33 Å². The van der Waals surface area contributed by atoms with E-state index in [9.17, 15) is 0 Å². The summed E-state index contributed by atoms with van der Waals surface area (Å²) in [4.78, 5) is 4.11. The minimum absolute atomic E-state index is 0.482. The molecule has 0 saturated carbocycles. The third-order valence-corrected chi connectivity index (χ3v) is 1.92. The number of fused-ring (bicyclic) bond motifs is 1. The molecule has 0 spiro atoms. The molecule has 14 heavy (non-hydrogen) atoms. The van der Waals surface area contributed by atoms with Gasteiger partial charge in [0.05, 0.1) is 0 Å². The minimum Gasteiger partial charge on any atom is -0.218 e. The average molecular weight is 191 g/mol. The molecule has 2 rings (SSSR count). The van der Waals surface area contributed by atoms with Crippen LogP contribution < -0.4 is 0 Å². The van der Waals surface area contributed by atoms with Crippen LogP contribution in [0.3, 0.4) is 0 Å². The second kappa shape index (κ2) is 4.74. The Morgan fingerprint density at radius 3 is 2.57 bits per heavy atom. The van der Waals surface area contributed by atoms with Gasteiger partial charge in [-0.05, 0) is 18.1 Å². The Labute approximate surface area is 84.8 Å². The molecule has 0 aromatic carbocycles. The number of aromatic nitrogens is 3. The third kappa shape index (κ3) is 1.92. The van der Waals surface area contributed by atoms with Crippen LogP contribution in [0.1, 0.15) is 39.3 Å². The summed E-state index contributed by atoms with van der Waals surface area (Å²) in [5.41, 5.74) is 2.12. The van der Waals surface area contributed by atoms with Crippen molar-refractivity contribution in [2.75, 3.05) is 0 Å². The van der Waals surface area contributed by atoms with Crippen molar-refractivity contribution in [2.24, 2.45) is 0 Å². The first-order valence-corrected chi connectivity index (χ1v) is 5.07. The molecule has 0 N–H and O–H groups in total. The molecule has 0 aliphatic rings. The molecule has 0 aliphatic carbocycles. The van der Waals surface area contributed by atoms with Gasteiger partial charge < -0.3 is 0 Å². The van der Waals surface area contributed by atoms with Gasteiger partial charge in [-0.3, -0.25) is 0 Å². The first-order valence-electron chi connectivity index (χ1n) is 5.07. The second-order valence-electron chi connectivity index (χ2n) is 3.14. The second-order valence-corrected chi connectivity index (χ2v) is 3.14. The maximum absolute atomic E-state index is 4.15. The lowest BCUT2D eigenvalue weighted by molar-refractivity contribution is 0.757. The van der Waals surface area contributed by atoms with Gasteiger partial charge in [0.25, 0.3) is 0 Å². The van der Waals surface area contributed by atoms with Gasteiger partial charge in [-0.15, -0.1) is 0 Å². The Morgan fingerprint density at radius 2 is 1.93 bits per heavy atom. The molecule has 0 saturated heterocycles. The van der Waals surface area contributed by atoms with Crippen LogP contribution in [-0.4, -0.2) is 14.6 Å². The van der Waals surface area contributed by atoms with Crippen LogP contribution in [0.15, 0.2) is 24.5 Å². The highest BCUT2D eigenvalue weighted by atomic mass is 15.3. The van der Waals surface area contributed by atoms with E-state index in [1.807, 2.05) is 30.5 Å². The zero-order valence-electron chi connectivity index (χ0n) is 9.23. The Morgan fingerprint density at radius 1 is 1.21 bits per heavy atom. The molecule has 3 heteroatoms. The first kappa shape index (κ1) is 10.7. The molecular formula is C11H17N3. The maximum atomic E-state index is 4.15. The maximum Gasteiger partial charge on any atom is 0.155 e. The highest BCUT2D eigenvalue weighted by Crippen LogP contribution is 2.13. The topological polar surface area (TPSA) is 30.2 Å². The number of hydrogen-bond donors (Lipinski definition) is 0. The molecule has 2 heterocycles. The van der Waals surface area contributed by atoms with Crippen LogP contribution in [0.25, 0.3) is 5.65 Å². The molecule has 0 aliphatic heterocycles. The number of nitrogens with zero attached hydrogens (tertiary/aromatic N) is 3. The highest BCUT2D eigenvalue weighted by molar-refractivity contribution is 5.38. The van der Waals surface area contributed by atoms with Crippen molar-refractivity contribution in [2.45, 2.75) is 33.6 Å². The predicted molar refractivity (Wildman–Crippen MR) is 58.4 cm³/mol. The fourth-order valence-electron chi connectivity index (χ4n) is 1.30. The van der Waals surface area contributed by atoms with Gasteiger partial charge in [0.2, 0.25) is 0 Å². The largest absolute Gasteiger partial charge is 0.218 e. The van der Waals surface area contributed by atoms with Crippen LogP contribution in [0, 0.1) is 0 Å². The van der Waals surface area contributed by atoms with E-state index in [1.165, 1.54) is 5.69 Å². The van der Waals surface area contributed by atoms with E-state index >= 15 is 0 Å². The monoisotopic (exact) mass is 191 g/mol. The summed E-state index contributed by atoms with van der Waals surface area (Å²) in [6.07, 6.45) is 1.58. The summed E-state index contributed by atoms with van der Waals surface area (Å²) in [5.74, 6) is 0.482. The first-order chi connectivity index (χ1) is 6.79. The predicted octanol–water partition coefficient (Wildman–Crippen LogP) is 2.88. The van der Waals surface area contributed by atoms with Crippen molar-refractivity contribution in [3.63, 3.8) is 0 Å². The highest BCUT2D eigenvalue weighted by Gasteiger charge is 2.04. The van der Waals surface area contributed by atoms with Gasteiger partial charge in [-0.25, -0.2) is 9.50 Å². The van der Waals surface area contributed by atoms with Crippen molar-refractivity contribution >= 4 is 5.65 Å². The van der Waals surface area contributed by atoms with Crippen molar-refractivity contribution in [1.82, 2.24) is 14.6 Å². The normalized spacial score (nSPS) is 10.1. The van der Waals surface area contributed by atoms with Gasteiger partial charge in [0, 0.05) is 5.69 Å². The molecule has 0 atom stereocenters. The molecule has 76 valence electrons. The SMILES string of the molecule is CC.CC(C)c1cccc2ncnn12. The summed E-state index contributed by atoms with van der Waals surface area (Å²) in [7, 11) is 0. The van der Waals surface area contributed by atoms with Crippen molar-refractivity contribution in [3.8, 4) is 0 Å². The average Bonchev–Trinajstić information content (AvgIpc) is 2.67. The lowest BCUT2D eigenvalue weighted by atomic mass is 10.1. The van der Waals surface area contributed by atoms with Gasteiger partial charge in [-0.2, -0.15) is 5.10 Å². The molecular weight excluding hydrogens is 174 g/mol. The minimum atomic E-state index is 0.482. The summed E-state index contributed by atoms with van der Waals surface area (Å²) >= 11 is 0. The van der Waals surface area contributed by atoms with Crippen molar-refractivity contribution < 1.29 is 0 Å². The number of hydrogen-bond acceptors (Lipinski definition) is 2. The van der Waals surface area contributed by atoms with Crippen molar-refractivity contribution in [1.29, 1.82) is 0 Å². The van der Waals surface area contributed by atoms with Gasteiger partial charge in [0.15, 0.2) is 5.65 Å². The lowest BCUT2D eigenvalue weighted by Crippen LogP contribution is -1.99. The summed E-state index contributed by atoms with van der Waals surface area (Å²) in [6, 6.07) is 6.05. The van der Waals surface area contributed by atoms with E-state index in [0.717, 1.165) is 5.65 Å². The standard InChI is InChI=1S/C9H11N3.C2H6/c1-7(2)8-4-3-5-9-10-6-11-12(8)9;1-2/h3-7H,1-2H3;1-2H3. The Bertz CT molecular complexity index is 390.